The maximum atomic E-state index is 14.5. The van der Waals surface area contributed by atoms with Gasteiger partial charge in [-0.2, -0.15) is 4.99 Å². The van der Waals surface area contributed by atoms with E-state index in [1.54, 1.807) is 24.3 Å². The molecule has 0 radical (unpaired) electrons. The predicted octanol–water partition coefficient (Wildman–Crippen LogP) is 6.57. The minimum atomic E-state index is -0.266. The lowest BCUT2D eigenvalue weighted by atomic mass is 10.0. The Morgan fingerprint density at radius 3 is 1.61 bits per heavy atom. The Hall–Kier alpha value is -6.38. The zero-order valence-corrected chi connectivity index (χ0v) is 31.4. The molecule has 2 fully saturated rings. The van der Waals surface area contributed by atoms with Crippen molar-refractivity contribution in [2.75, 3.05) is 52.6 Å². The number of morpholine rings is 2. The van der Waals surface area contributed by atoms with E-state index in [1.807, 2.05) is 88.7 Å². The van der Waals surface area contributed by atoms with Crippen LogP contribution in [0.25, 0.3) is 22.3 Å². The molecule has 2 aromatic heterocycles. The Morgan fingerprint density at radius 1 is 0.596 bits per heavy atom. The first kappa shape index (κ1) is 38.9. The summed E-state index contributed by atoms with van der Waals surface area (Å²) in [6.45, 7) is 5.80. The molecule has 6 aromatic rings. The van der Waals surface area contributed by atoms with Crippen molar-refractivity contribution < 1.29 is 27.3 Å². The lowest BCUT2D eigenvalue weighted by Crippen LogP contribution is -2.44. The van der Waals surface area contributed by atoms with Gasteiger partial charge in [0.1, 0.15) is 28.8 Å². The number of hydrogen-bond acceptors (Lipinski definition) is 8. The fraction of sp³-hybridized carbons (Fsp3) is 0.256. The van der Waals surface area contributed by atoms with Gasteiger partial charge in [0.15, 0.2) is 17.7 Å². The molecule has 8 rings (SSSR count). The topological polar surface area (TPSA) is 154 Å². The molecule has 0 bridgehead atoms. The van der Waals surface area contributed by atoms with Crippen LogP contribution in [-0.2, 0) is 28.9 Å². The highest BCUT2D eigenvalue weighted by Gasteiger charge is 2.16. The third kappa shape index (κ3) is 10.7. The molecule has 12 nitrogen and oxygen atoms in total. The summed E-state index contributed by atoms with van der Waals surface area (Å²) >= 11 is 0. The smallest absolute Gasteiger partial charge is 0.198 e. The number of aliphatic imine (C=N–C) groups is 2. The van der Waals surface area contributed by atoms with Gasteiger partial charge in [0.25, 0.3) is 0 Å². The predicted molar refractivity (Wildman–Crippen MR) is 214 cm³/mol. The average Bonchev–Trinajstić information content (AvgIpc) is 3.90. The lowest BCUT2D eigenvalue weighted by Gasteiger charge is -2.27. The van der Waals surface area contributed by atoms with Crippen molar-refractivity contribution in [1.29, 1.82) is 0 Å². The zero-order chi connectivity index (χ0) is 39.4. The number of nitrogens with two attached hydrogens (primary N) is 2. The summed E-state index contributed by atoms with van der Waals surface area (Å²) in [5.74, 6) is 2.01. The Kier molecular flexibility index (Phi) is 12.9. The third-order valence-electron chi connectivity index (χ3n) is 9.45. The summed E-state index contributed by atoms with van der Waals surface area (Å²) in [6.07, 6.45) is 0.883. The van der Waals surface area contributed by atoms with E-state index in [0.29, 0.717) is 105 Å². The quantitative estimate of drug-likeness (QED) is 0.122. The standard InChI is InChI=1S/C22H23FN4O2.C21H21FN4O2/c23-21-13-16(6-7-20(21)17-4-2-1-3-5-17)12-19-14-18(26-29-19)15-25-22(24)27-8-10-28-11-9-27;22-19-13-15(6-7-18(19)16-4-2-1-3-5-16)12-17-14-20(25-28-17)24-21(23)26-8-10-27-11-9-26/h1-7,13-14H,8-12,15H2,(H2,24,25);1-7,13-14H,8-12H2,(H2,23,24,25). The molecular formula is C43H44F2N8O4. The summed E-state index contributed by atoms with van der Waals surface area (Å²) in [4.78, 5) is 12.6. The highest BCUT2D eigenvalue weighted by atomic mass is 19.1. The molecule has 14 heteroatoms. The van der Waals surface area contributed by atoms with Gasteiger partial charge in [-0.1, -0.05) is 95.2 Å². The van der Waals surface area contributed by atoms with Gasteiger partial charge in [0.05, 0.1) is 33.0 Å². The molecule has 0 unspecified atom stereocenters. The van der Waals surface area contributed by atoms with Crippen molar-refractivity contribution in [1.82, 2.24) is 20.1 Å². The largest absolute Gasteiger partial charge is 0.378 e. The number of aromatic nitrogens is 2. The number of rotatable bonds is 9. The molecule has 4 aromatic carbocycles. The fourth-order valence-corrected chi connectivity index (χ4v) is 6.43. The second kappa shape index (κ2) is 19.0. The summed E-state index contributed by atoms with van der Waals surface area (Å²) in [5, 5.41) is 7.98. The van der Waals surface area contributed by atoms with Gasteiger partial charge in [0, 0.05) is 62.3 Å². The molecule has 4 N–H and O–H groups in total. The molecule has 2 aliphatic heterocycles. The van der Waals surface area contributed by atoms with Crippen LogP contribution in [-0.4, -0.2) is 84.6 Å². The van der Waals surface area contributed by atoms with Gasteiger partial charge in [-0.3, -0.25) is 0 Å². The Balaban J connectivity index is 0.000000174. The minimum Gasteiger partial charge on any atom is -0.378 e. The van der Waals surface area contributed by atoms with Crippen LogP contribution in [0, 0.1) is 11.6 Å². The van der Waals surface area contributed by atoms with Crippen molar-refractivity contribution >= 4 is 17.7 Å². The molecule has 0 saturated carbocycles. The van der Waals surface area contributed by atoms with Crippen LogP contribution in [0.5, 0.6) is 0 Å². The lowest BCUT2D eigenvalue weighted by molar-refractivity contribution is 0.0674. The van der Waals surface area contributed by atoms with Gasteiger partial charge in [0.2, 0.25) is 0 Å². The summed E-state index contributed by atoms with van der Waals surface area (Å²) in [6, 6.07) is 32.9. The van der Waals surface area contributed by atoms with Crippen molar-refractivity contribution in [3.63, 3.8) is 0 Å². The zero-order valence-electron chi connectivity index (χ0n) is 31.4. The van der Waals surface area contributed by atoms with E-state index in [-0.39, 0.29) is 11.6 Å². The van der Waals surface area contributed by atoms with E-state index in [2.05, 4.69) is 20.3 Å². The van der Waals surface area contributed by atoms with Crippen molar-refractivity contribution in [2.45, 2.75) is 19.4 Å². The van der Waals surface area contributed by atoms with Crippen molar-refractivity contribution in [3.8, 4) is 22.3 Å². The highest BCUT2D eigenvalue weighted by molar-refractivity contribution is 5.80. The molecule has 0 atom stereocenters. The third-order valence-corrected chi connectivity index (χ3v) is 9.45. The Morgan fingerprint density at radius 2 is 1.09 bits per heavy atom. The molecule has 0 spiro atoms. The molecule has 57 heavy (non-hydrogen) atoms. The molecule has 2 aliphatic rings. The van der Waals surface area contributed by atoms with E-state index < -0.39 is 0 Å². The summed E-state index contributed by atoms with van der Waals surface area (Å²) in [7, 11) is 0. The fourth-order valence-electron chi connectivity index (χ4n) is 6.43. The number of nitrogens with zero attached hydrogens (tertiary/aromatic N) is 6. The van der Waals surface area contributed by atoms with Crippen molar-refractivity contribution in [2.24, 2.45) is 21.5 Å². The van der Waals surface area contributed by atoms with E-state index in [4.69, 9.17) is 30.0 Å². The van der Waals surface area contributed by atoms with Crippen LogP contribution in [0.2, 0.25) is 0 Å². The molecule has 4 heterocycles. The average molecular weight is 775 g/mol. The molecule has 0 amide bonds. The molecule has 0 aliphatic carbocycles. The first-order valence-corrected chi connectivity index (χ1v) is 18.7. The second-order valence-corrected chi connectivity index (χ2v) is 13.5. The van der Waals surface area contributed by atoms with Crippen LogP contribution >= 0.6 is 0 Å². The Labute approximate surface area is 329 Å². The van der Waals surface area contributed by atoms with Gasteiger partial charge >= 0.3 is 0 Å². The minimum absolute atomic E-state index is 0.253. The van der Waals surface area contributed by atoms with Gasteiger partial charge < -0.3 is 39.8 Å². The molecule has 294 valence electrons. The number of halogens is 2. The number of hydrogen-bond donors (Lipinski definition) is 2. The number of ether oxygens (including phenoxy) is 2. The van der Waals surface area contributed by atoms with Crippen LogP contribution in [0.15, 0.2) is 128 Å². The maximum absolute atomic E-state index is 14.5. The number of benzene rings is 4. The Bertz CT molecular complexity index is 2270. The summed E-state index contributed by atoms with van der Waals surface area (Å²) in [5.41, 5.74) is 17.2. The van der Waals surface area contributed by atoms with Crippen LogP contribution in [0.1, 0.15) is 28.3 Å². The first-order valence-electron chi connectivity index (χ1n) is 18.7. The monoisotopic (exact) mass is 774 g/mol. The maximum Gasteiger partial charge on any atom is 0.198 e. The van der Waals surface area contributed by atoms with Gasteiger partial charge in [-0.05, 0) is 34.4 Å². The first-order chi connectivity index (χ1) is 27.9. The molecule has 2 saturated heterocycles. The summed E-state index contributed by atoms with van der Waals surface area (Å²) < 4.78 is 50.4. The van der Waals surface area contributed by atoms with Crippen LogP contribution < -0.4 is 11.5 Å². The van der Waals surface area contributed by atoms with E-state index >= 15 is 0 Å². The van der Waals surface area contributed by atoms with E-state index in [1.165, 1.54) is 6.07 Å². The van der Waals surface area contributed by atoms with Gasteiger partial charge in [-0.15, -0.1) is 0 Å². The van der Waals surface area contributed by atoms with Crippen LogP contribution in [0.4, 0.5) is 14.6 Å². The molecular weight excluding hydrogens is 731 g/mol. The normalized spacial score (nSPS) is 15.0. The van der Waals surface area contributed by atoms with Crippen molar-refractivity contribution in [3.05, 3.63) is 149 Å². The van der Waals surface area contributed by atoms with Crippen LogP contribution in [0.3, 0.4) is 0 Å². The van der Waals surface area contributed by atoms with E-state index in [0.717, 1.165) is 35.3 Å². The number of guanidine groups is 2. The van der Waals surface area contributed by atoms with Gasteiger partial charge in [-0.25, -0.2) is 13.8 Å². The second-order valence-electron chi connectivity index (χ2n) is 13.5. The van der Waals surface area contributed by atoms with E-state index in [9.17, 15) is 8.78 Å². The highest BCUT2D eigenvalue weighted by Crippen LogP contribution is 2.26. The SMILES string of the molecule is NC(=NCc1cc(Cc2ccc(-c3ccccc3)c(F)c2)on1)N1CCOCC1.NC(=Nc1cc(Cc2ccc(-c3ccccc3)c(F)c2)on1)N1CCOCC1.